The van der Waals surface area contributed by atoms with Crippen LogP contribution in [-0.4, -0.2) is 26.8 Å². The Morgan fingerprint density at radius 3 is 2.37 bits per heavy atom. The number of hydrogen-bond acceptors (Lipinski definition) is 5. The Morgan fingerprint density at radius 2 is 1.70 bits per heavy atom. The van der Waals surface area contributed by atoms with Crippen molar-refractivity contribution in [3.05, 3.63) is 76.2 Å². The van der Waals surface area contributed by atoms with Crippen LogP contribution in [0.5, 0.6) is 0 Å². The lowest BCUT2D eigenvalue weighted by Gasteiger charge is -2.11. The standard InChI is InChI=1S/C17H10Cl2FN5O2/c18-9-1-3-12(24-17(27)13-7-22-14(19)8-21-13)11(5-9)16(26)25-15-4-2-10(20)6-23-15/h1-8H,(H,24,27)(H,23,25,26). The van der Waals surface area contributed by atoms with Crippen LogP contribution in [0.2, 0.25) is 10.2 Å². The van der Waals surface area contributed by atoms with Crippen molar-refractivity contribution < 1.29 is 14.0 Å². The van der Waals surface area contributed by atoms with E-state index < -0.39 is 17.6 Å². The Bertz CT molecular complexity index is 997. The molecule has 2 heterocycles. The molecule has 2 amide bonds. The van der Waals surface area contributed by atoms with E-state index in [0.29, 0.717) is 0 Å². The minimum atomic E-state index is -0.589. The number of nitrogens with zero attached hydrogens (tertiary/aromatic N) is 3. The Kier molecular flexibility index (Phi) is 5.58. The quantitative estimate of drug-likeness (QED) is 0.687. The molecule has 136 valence electrons. The summed E-state index contributed by atoms with van der Waals surface area (Å²) in [4.78, 5) is 36.2. The summed E-state index contributed by atoms with van der Waals surface area (Å²) in [6, 6.07) is 6.82. The van der Waals surface area contributed by atoms with Gasteiger partial charge in [-0.25, -0.2) is 19.3 Å². The molecule has 0 unspecified atom stereocenters. The molecule has 0 radical (unpaired) electrons. The first-order chi connectivity index (χ1) is 12.9. The van der Waals surface area contributed by atoms with Crippen LogP contribution in [-0.2, 0) is 0 Å². The normalized spacial score (nSPS) is 10.3. The van der Waals surface area contributed by atoms with E-state index >= 15 is 0 Å². The third-order valence-electron chi connectivity index (χ3n) is 3.30. The fourth-order valence-electron chi connectivity index (χ4n) is 2.06. The smallest absolute Gasteiger partial charge is 0.275 e. The average molecular weight is 406 g/mol. The van der Waals surface area contributed by atoms with E-state index in [1.165, 1.54) is 36.7 Å². The first-order valence-electron chi connectivity index (χ1n) is 7.44. The highest BCUT2D eigenvalue weighted by molar-refractivity contribution is 6.31. The van der Waals surface area contributed by atoms with Gasteiger partial charge in [0.25, 0.3) is 11.8 Å². The average Bonchev–Trinajstić information content (AvgIpc) is 2.65. The number of benzene rings is 1. The molecule has 2 aromatic heterocycles. The molecule has 3 aromatic rings. The highest BCUT2D eigenvalue weighted by Gasteiger charge is 2.17. The van der Waals surface area contributed by atoms with Crippen molar-refractivity contribution in [2.75, 3.05) is 10.6 Å². The van der Waals surface area contributed by atoms with Gasteiger partial charge in [-0.1, -0.05) is 23.2 Å². The van der Waals surface area contributed by atoms with Crippen molar-refractivity contribution in [3.63, 3.8) is 0 Å². The maximum absolute atomic E-state index is 12.9. The molecule has 0 aliphatic carbocycles. The van der Waals surface area contributed by atoms with Gasteiger partial charge >= 0.3 is 0 Å². The largest absolute Gasteiger partial charge is 0.320 e. The van der Waals surface area contributed by atoms with E-state index in [1.807, 2.05) is 0 Å². The zero-order valence-corrected chi connectivity index (χ0v) is 14.9. The van der Waals surface area contributed by atoms with Crippen molar-refractivity contribution in [3.8, 4) is 0 Å². The number of amides is 2. The van der Waals surface area contributed by atoms with E-state index in [4.69, 9.17) is 23.2 Å². The van der Waals surface area contributed by atoms with Gasteiger partial charge in [0.05, 0.1) is 29.8 Å². The zero-order chi connectivity index (χ0) is 19.4. The van der Waals surface area contributed by atoms with Gasteiger partial charge in [-0.2, -0.15) is 0 Å². The van der Waals surface area contributed by atoms with Crippen molar-refractivity contribution in [2.45, 2.75) is 0 Å². The van der Waals surface area contributed by atoms with E-state index in [-0.39, 0.29) is 32.9 Å². The molecule has 0 saturated heterocycles. The van der Waals surface area contributed by atoms with Crippen molar-refractivity contribution in [2.24, 2.45) is 0 Å². The van der Waals surface area contributed by atoms with Gasteiger partial charge in [0.2, 0.25) is 0 Å². The number of aromatic nitrogens is 3. The predicted molar refractivity (Wildman–Crippen MR) is 98.6 cm³/mol. The summed E-state index contributed by atoms with van der Waals surface area (Å²) in [5, 5.41) is 5.50. The summed E-state index contributed by atoms with van der Waals surface area (Å²) in [5.41, 5.74) is 0.297. The van der Waals surface area contributed by atoms with Gasteiger partial charge in [0.1, 0.15) is 22.5 Å². The number of carbonyl (C=O) groups is 2. The van der Waals surface area contributed by atoms with Crippen LogP contribution in [0, 0.1) is 5.82 Å². The van der Waals surface area contributed by atoms with Gasteiger partial charge in [-0.05, 0) is 30.3 Å². The van der Waals surface area contributed by atoms with Gasteiger partial charge in [0.15, 0.2) is 0 Å². The van der Waals surface area contributed by atoms with Crippen LogP contribution >= 0.6 is 23.2 Å². The lowest BCUT2D eigenvalue weighted by Crippen LogP contribution is -2.19. The summed E-state index contributed by atoms with van der Waals surface area (Å²) in [5.74, 6) is -1.57. The van der Waals surface area contributed by atoms with Crippen LogP contribution in [0.15, 0.2) is 48.9 Å². The van der Waals surface area contributed by atoms with Crippen LogP contribution < -0.4 is 10.6 Å². The molecule has 2 N–H and O–H groups in total. The minimum Gasteiger partial charge on any atom is -0.320 e. The Balaban J connectivity index is 1.83. The van der Waals surface area contributed by atoms with E-state index in [2.05, 4.69) is 25.6 Å². The topological polar surface area (TPSA) is 96.9 Å². The molecule has 0 aliphatic heterocycles. The molecule has 0 aliphatic rings. The fourth-order valence-corrected chi connectivity index (χ4v) is 2.33. The Hall–Kier alpha value is -3.10. The molecule has 10 heteroatoms. The number of pyridine rings is 1. The van der Waals surface area contributed by atoms with Crippen LogP contribution in [0.4, 0.5) is 15.9 Å². The third kappa shape index (κ3) is 4.75. The molecule has 0 atom stereocenters. The molecule has 0 fully saturated rings. The molecule has 0 spiro atoms. The fraction of sp³-hybridized carbons (Fsp3) is 0. The van der Waals surface area contributed by atoms with Gasteiger partial charge in [0, 0.05) is 5.02 Å². The summed E-state index contributed by atoms with van der Waals surface area (Å²) in [6.07, 6.45) is 3.40. The molecule has 3 rings (SSSR count). The number of halogens is 3. The second-order valence-electron chi connectivity index (χ2n) is 5.18. The molecular weight excluding hydrogens is 396 g/mol. The van der Waals surface area contributed by atoms with E-state index in [1.54, 1.807) is 0 Å². The van der Waals surface area contributed by atoms with Crippen LogP contribution in [0.3, 0.4) is 0 Å². The molecule has 7 nitrogen and oxygen atoms in total. The lowest BCUT2D eigenvalue weighted by molar-refractivity contribution is 0.102. The highest BCUT2D eigenvalue weighted by atomic mass is 35.5. The Labute approximate surface area is 162 Å². The van der Waals surface area contributed by atoms with Gasteiger partial charge in [-0.15, -0.1) is 0 Å². The van der Waals surface area contributed by atoms with Crippen molar-refractivity contribution in [1.82, 2.24) is 15.0 Å². The molecule has 1 aromatic carbocycles. The van der Waals surface area contributed by atoms with Gasteiger partial charge < -0.3 is 10.6 Å². The summed E-state index contributed by atoms with van der Waals surface area (Å²) >= 11 is 11.6. The highest BCUT2D eigenvalue weighted by Crippen LogP contribution is 2.22. The maximum Gasteiger partial charge on any atom is 0.275 e. The lowest BCUT2D eigenvalue weighted by atomic mass is 10.1. The minimum absolute atomic E-state index is 0.0147. The van der Waals surface area contributed by atoms with E-state index in [0.717, 1.165) is 12.3 Å². The number of nitrogens with one attached hydrogen (secondary N) is 2. The summed E-state index contributed by atoms with van der Waals surface area (Å²) in [7, 11) is 0. The Morgan fingerprint density at radius 1 is 0.889 bits per heavy atom. The number of rotatable bonds is 4. The second kappa shape index (κ2) is 8.07. The molecular formula is C17H10Cl2FN5O2. The third-order valence-corrected chi connectivity index (χ3v) is 3.73. The SMILES string of the molecule is O=C(Nc1ccc(Cl)cc1C(=O)Nc1ccc(F)cn1)c1cnc(Cl)cn1. The zero-order valence-electron chi connectivity index (χ0n) is 13.4. The maximum atomic E-state index is 12.9. The van der Waals surface area contributed by atoms with Crippen molar-refractivity contribution >= 4 is 46.5 Å². The molecule has 0 saturated carbocycles. The van der Waals surface area contributed by atoms with Crippen LogP contribution in [0.1, 0.15) is 20.8 Å². The first-order valence-corrected chi connectivity index (χ1v) is 8.19. The summed E-state index contributed by atoms with van der Waals surface area (Å²) in [6.45, 7) is 0. The monoisotopic (exact) mass is 405 g/mol. The summed E-state index contributed by atoms with van der Waals surface area (Å²) < 4.78 is 12.9. The van der Waals surface area contributed by atoms with Gasteiger partial charge in [-0.3, -0.25) is 9.59 Å². The van der Waals surface area contributed by atoms with E-state index in [9.17, 15) is 14.0 Å². The first kappa shape index (κ1) is 18.7. The van der Waals surface area contributed by atoms with Crippen molar-refractivity contribution in [1.29, 1.82) is 0 Å². The molecule has 0 bridgehead atoms. The number of hydrogen-bond donors (Lipinski definition) is 2. The predicted octanol–water partition coefficient (Wildman–Crippen LogP) is 3.82. The second-order valence-corrected chi connectivity index (χ2v) is 6.01. The number of carbonyl (C=O) groups excluding carboxylic acids is 2. The molecule has 27 heavy (non-hydrogen) atoms. The van der Waals surface area contributed by atoms with Crippen LogP contribution in [0.25, 0.3) is 0 Å². The number of anilines is 2.